The number of nitrogens with one attached hydrogen (secondary N) is 1. The van der Waals surface area contributed by atoms with Crippen LogP contribution in [0.4, 0.5) is 5.82 Å². The highest BCUT2D eigenvalue weighted by Gasteiger charge is 2.17. The second kappa shape index (κ2) is 6.13. The Morgan fingerprint density at radius 2 is 2.19 bits per heavy atom. The first-order valence-corrected chi connectivity index (χ1v) is 8.72. The molecule has 5 nitrogen and oxygen atoms in total. The van der Waals surface area contributed by atoms with Gasteiger partial charge in [-0.2, -0.15) is 0 Å². The summed E-state index contributed by atoms with van der Waals surface area (Å²) in [7, 11) is 2.08. The van der Waals surface area contributed by atoms with Crippen molar-refractivity contribution in [3.8, 4) is 0 Å². The Morgan fingerprint density at radius 3 is 2.90 bits per heavy atom. The number of hydrogen-bond acceptors (Lipinski definition) is 6. The molecule has 0 aliphatic rings. The van der Waals surface area contributed by atoms with Crippen molar-refractivity contribution in [2.75, 3.05) is 18.5 Å². The van der Waals surface area contributed by atoms with Gasteiger partial charge in [0, 0.05) is 30.5 Å². The van der Waals surface area contributed by atoms with Crippen LogP contribution in [0.15, 0.2) is 17.0 Å². The number of anilines is 1. The van der Waals surface area contributed by atoms with Crippen molar-refractivity contribution in [3.63, 3.8) is 0 Å². The monoisotopic (exact) mass is 321 g/mol. The molecule has 1 N–H and O–H groups in total. The second-order valence-corrected chi connectivity index (χ2v) is 6.87. The summed E-state index contributed by atoms with van der Waals surface area (Å²) in [5.74, 6) is 1.04. The lowest BCUT2D eigenvalue weighted by molar-refractivity contribution is 0.702. The largest absolute Gasteiger partial charge is 0.352 e. The van der Waals surface area contributed by atoms with Crippen LogP contribution in [0.5, 0.6) is 0 Å². The molecular weight excluding hydrogens is 302 g/mol. The summed E-state index contributed by atoms with van der Waals surface area (Å²) < 4.78 is 2.17. The average molecular weight is 321 g/mol. The molecule has 0 spiro atoms. The lowest BCUT2D eigenvalue weighted by atomic mass is 10.3. The highest BCUT2D eigenvalue weighted by atomic mass is 32.1. The predicted octanol–water partition coefficient (Wildman–Crippen LogP) is 2.91. The second-order valence-electron chi connectivity index (χ2n) is 4.93. The number of aryl methyl sites for hydroxylation is 1. The Labute approximate surface area is 132 Å². The molecule has 21 heavy (non-hydrogen) atoms. The zero-order chi connectivity index (χ0) is 14.8. The molecule has 0 unspecified atom stereocenters. The van der Waals surface area contributed by atoms with Crippen LogP contribution in [-0.4, -0.2) is 28.0 Å². The van der Waals surface area contributed by atoms with Crippen molar-refractivity contribution in [2.45, 2.75) is 26.9 Å². The fraction of sp³-hybridized carbons (Fsp3) is 0.429. The predicted molar refractivity (Wildman–Crippen MR) is 89.4 cm³/mol. The number of rotatable bonds is 6. The van der Waals surface area contributed by atoms with Gasteiger partial charge in [0.2, 0.25) is 0 Å². The van der Waals surface area contributed by atoms with Crippen molar-refractivity contribution in [2.24, 2.45) is 0 Å². The lowest BCUT2D eigenvalue weighted by Gasteiger charge is -2.17. The van der Waals surface area contributed by atoms with Gasteiger partial charge in [-0.25, -0.2) is 9.97 Å². The molecule has 0 saturated carbocycles. The third-order valence-electron chi connectivity index (χ3n) is 3.31. The molecule has 0 atom stereocenters. The quantitative estimate of drug-likeness (QED) is 0.758. The minimum atomic E-state index is 0.786. The van der Waals surface area contributed by atoms with Crippen LogP contribution in [0, 0.1) is 6.92 Å². The molecular formula is C14H19N5S2. The van der Waals surface area contributed by atoms with Crippen LogP contribution in [0.3, 0.4) is 0 Å². The smallest absolute Gasteiger partial charge is 0.195 e. The number of nitrogens with zero attached hydrogens (tertiary/aromatic N) is 4. The summed E-state index contributed by atoms with van der Waals surface area (Å²) >= 11 is 3.36. The highest BCUT2D eigenvalue weighted by Crippen LogP contribution is 2.25. The maximum atomic E-state index is 4.77. The molecule has 3 heterocycles. The topological polar surface area (TPSA) is 45.5 Å². The Hall–Kier alpha value is -1.44. The molecule has 0 radical (unpaired) electrons. The molecule has 3 aromatic heterocycles. The van der Waals surface area contributed by atoms with E-state index in [1.54, 1.807) is 22.7 Å². The number of fused-ring (bicyclic) bond motifs is 1. The first-order chi connectivity index (χ1) is 10.2. The van der Waals surface area contributed by atoms with Gasteiger partial charge in [-0.1, -0.05) is 6.92 Å². The van der Waals surface area contributed by atoms with E-state index in [2.05, 4.69) is 50.5 Å². The number of thiazole rings is 2. The van der Waals surface area contributed by atoms with Crippen molar-refractivity contribution < 1.29 is 0 Å². The summed E-state index contributed by atoms with van der Waals surface area (Å²) in [4.78, 5) is 12.5. The van der Waals surface area contributed by atoms with Crippen LogP contribution in [0.25, 0.3) is 4.96 Å². The van der Waals surface area contributed by atoms with Gasteiger partial charge in [-0.15, -0.1) is 22.7 Å². The van der Waals surface area contributed by atoms with Gasteiger partial charge in [-0.3, -0.25) is 4.40 Å². The Morgan fingerprint density at radius 1 is 1.33 bits per heavy atom. The van der Waals surface area contributed by atoms with E-state index >= 15 is 0 Å². The number of hydrogen-bond donors (Lipinski definition) is 1. The minimum Gasteiger partial charge on any atom is -0.352 e. The van der Waals surface area contributed by atoms with E-state index in [4.69, 9.17) is 4.98 Å². The van der Waals surface area contributed by atoms with E-state index in [9.17, 15) is 0 Å². The fourth-order valence-electron chi connectivity index (χ4n) is 2.33. The first-order valence-electron chi connectivity index (χ1n) is 6.96. The first kappa shape index (κ1) is 14.5. The van der Waals surface area contributed by atoms with Gasteiger partial charge in [-0.05, 0) is 13.5 Å². The molecule has 112 valence electrons. The molecule has 0 saturated heterocycles. The van der Waals surface area contributed by atoms with E-state index in [0.29, 0.717) is 0 Å². The van der Waals surface area contributed by atoms with Crippen LogP contribution in [0.2, 0.25) is 0 Å². The fourth-order valence-corrected chi connectivity index (χ4v) is 3.67. The maximum absolute atomic E-state index is 4.77. The molecule has 0 aromatic carbocycles. The average Bonchev–Trinajstić information content (AvgIpc) is 3.12. The molecule has 3 rings (SSSR count). The van der Waals surface area contributed by atoms with E-state index in [1.807, 2.05) is 6.92 Å². The summed E-state index contributed by atoms with van der Waals surface area (Å²) in [5.41, 5.74) is 2.31. The summed E-state index contributed by atoms with van der Waals surface area (Å²) in [5, 5.41) is 8.70. The molecule has 0 aliphatic heterocycles. The van der Waals surface area contributed by atoms with E-state index in [-0.39, 0.29) is 0 Å². The highest BCUT2D eigenvalue weighted by molar-refractivity contribution is 7.15. The van der Waals surface area contributed by atoms with Gasteiger partial charge in [0.05, 0.1) is 22.9 Å². The maximum Gasteiger partial charge on any atom is 0.195 e. The van der Waals surface area contributed by atoms with Crippen LogP contribution < -0.4 is 10.2 Å². The zero-order valence-corrected chi connectivity index (χ0v) is 14.1. The zero-order valence-electron chi connectivity index (χ0n) is 12.5. The van der Waals surface area contributed by atoms with Crippen molar-refractivity contribution in [1.82, 2.24) is 19.7 Å². The van der Waals surface area contributed by atoms with E-state index < -0.39 is 0 Å². The Balaban J connectivity index is 1.88. The third kappa shape index (κ3) is 2.95. The summed E-state index contributed by atoms with van der Waals surface area (Å²) in [6.45, 7) is 6.72. The van der Waals surface area contributed by atoms with E-state index in [0.717, 1.165) is 41.1 Å². The van der Waals surface area contributed by atoms with Gasteiger partial charge in [0.1, 0.15) is 0 Å². The minimum absolute atomic E-state index is 0.786. The number of aromatic nitrogens is 3. The molecule has 0 aliphatic carbocycles. The lowest BCUT2D eigenvalue weighted by Crippen LogP contribution is -2.21. The van der Waals surface area contributed by atoms with Crippen LogP contribution in [-0.2, 0) is 13.1 Å². The van der Waals surface area contributed by atoms with Gasteiger partial charge in [0.25, 0.3) is 0 Å². The molecule has 3 aromatic rings. The molecule has 0 amide bonds. The van der Waals surface area contributed by atoms with Crippen LogP contribution >= 0.6 is 22.7 Å². The van der Waals surface area contributed by atoms with Crippen molar-refractivity contribution in [3.05, 3.63) is 33.4 Å². The number of imidazole rings is 1. The molecule has 0 fully saturated rings. The summed E-state index contributed by atoms with van der Waals surface area (Å²) in [6, 6.07) is 0. The molecule has 7 heteroatoms. The third-order valence-corrected chi connectivity index (χ3v) is 4.89. The van der Waals surface area contributed by atoms with Crippen LogP contribution in [0.1, 0.15) is 23.3 Å². The Kier molecular flexibility index (Phi) is 4.23. The van der Waals surface area contributed by atoms with Gasteiger partial charge in [0.15, 0.2) is 10.8 Å². The molecule has 0 bridgehead atoms. The SMILES string of the molecule is CCNCc1c(N(C)Cc2csc(C)n2)nc2sccn12. The van der Waals surface area contributed by atoms with E-state index in [1.165, 1.54) is 5.69 Å². The van der Waals surface area contributed by atoms with Gasteiger partial charge >= 0.3 is 0 Å². The Bertz CT molecular complexity index is 727. The van der Waals surface area contributed by atoms with Gasteiger partial charge < -0.3 is 10.2 Å². The standard InChI is InChI=1S/C14H19N5S2/c1-4-15-7-12-13(17-14-19(12)5-6-20-14)18(3)8-11-9-21-10(2)16-11/h5-6,9,15H,4,7-8H2,1-3H3. The summed E-state index contributed by atoms with van der Waals surface area (Å²) in [6.07, 6.45) is 2.09. The van der Waals surface area contributed by atoms with Crippen molar-refractivity contribution >= 4 is 33.5 Å². The normalized spacial score (nSPS) is 11.4. The van der Waals surface area contributed by atoms with Crippen molar-refractivity contribution in [1.29, 1.82) is 0 Å².